The molecule has 1 aromatic rings. The number of carboxylic acid groups (broad SMARTS) is 1. The Morgan fingerprint density at radius 2 is 2.16 bits per heavy atom. The fraction of sp³-hybridized carbons (Fsp3) is 0.182. The number of aromatic carboxylic acids is 1. The lowest BCUT2D eigenvalue weighted by atomic mass is 10.2. The van der Waals surface area contributed by atoms with Crippen LogP contribution in [0.3, 0.4) is 0 Å². The van der Waals surface area contributed by atoms with Gasteiger partial charge < -0.3 is 10.4 Å². The molecule has 100 valence electrons. The van der Waals surface area contributed by atoms with Gasteiger partial charge in [0, 0.05) is 9.37 Å². The predicted molar refractivity (Wildman–Crippen MR) is 71.0 cm³/mol. The molecule has 0 aromatic heterocycles. The first-order valence-electron chi connectivity index (χ1n) is 5.00. The van der Waals surface area contributed by atoms with Gasteiger partial charge in [-0.05, 0) is 34.1 Å². The lowest BCUT2D eigenvalue weighted by molar-refractivity contribution is -0.118. The van der Waals surface area contributed by atoms with Gasteiger partial charge in [-0.3, -0.25) is 9.00 Å². The summed E-state index contributed by atoms with van der Waals surface area (Å²) >= 11 is 3.07. The third-order valence-corrected chi connectivity index (χ3v) is 4.05. The summed E-state index contributed by atoms with van der Waals surface area (Å²) < 4.78 is 12.2. The number of nitrogens with zero attached hydrogens (tertiary/aromatic N) is 1. The van der Waals surface area contributed by atoms with Crippen LogP contribution in [0.2, 0.25) is 0 Å². The zero-order valence-corrected chi connectivity index (χ0v) is 12.0. The van der Waals surface area contributed by atoms with Crippen LogP contribution in [-0.4, -0.2) is 33.5 Å². The Labute approximate surface area is 120 Å². The van der Waals surface area contributed by atoms with Crippen LogP contribution in [0.4, 0.5) is 0 Å². The predicted octanol–water partition coefficient (Wildman–Crippen LogP) is 0.895. The Balaban J connectivity index is 2.84. The van der Waals surface area contributed by atoms with E-state index >= 15 is 0 Å². The van der Waals surface area contributed by atoms with Crippen LogP contribution in [0.25, 0.3) is 0 Å². The summed E-state index contributed by atoms with van der Waals surface area (Å²) in [5.41, 5.74) is -0.0247. The van der Waals surface area contributed by atoms with Crippen LogP contribution in [0.15, 0.2) is 27.6 Å². The van der Waals surface area contributed by atoms with Crippen LogP contribution in [0.5, 0.6) is 0 Å². The molecule has 1 unspecified atom stereocenters. The van der Waals surface area contributed by atoms with Gasteiger partial charge in [0.25, 0.3) is 0 Å². The van der Waals surface area contributed by atoms with Gasteiger partial charge in [-0.25, -0.2) is 4.79 Å². The van der Waals surface area contributed by atoms with Crippen molar-refractivity contribution in [3.8, 4) is 6.07 Å². The molecule has 0 aliphatic heterocycles. The van der Waals surface area contributed by atoms with Gasteiger partial charge >= 0.3 is 5.97 Å². The average molecular weight is 345 g/mol. The minimum Gasteiger partial charge on any atom is -0.478 e. The van der Waals surface area contributed by atoms with E-state index in [0.29, 0.717) is 4.47 Å². The van der Waals surface area contributed by atoms with E-state index in [-0.39, 0.29) is 22.8 Å². The van der Waals surface area contributed by atoms with Crippen LogP contribution in [0.1, 0.15) is 10.4 Å². The van der Waals surface area contributed by atoms with E-state index < -0.39 is 22.7 Å². The highest BCUT2D eigenvalue weighted by Crippen LogP contribution is 2.20. The Morgan fingerprint density at radius 1 is 1.47 bits per heavy atom. The number of rotatable bonds is 5. The number of carbonyl (C=O) groups is 2. The summed E-state index contributed by atoms with van der Waals surface area (Å²) in [6.45, 7) is -0.156. The molecule has 8 heteroatoms. The molecule has 0 spiro atoms. The molecule has 0 saturated carbocycles. The Kier molecular flexibility index (Phi) is 5.66. The lowest BCUT2D eigenvalue weighted by Gasteiger charge is -2.05. The summed E-state index contributed by atoms with van der Waals surface area (Å²) in [5.74, 6) is -2.00. The summed E-state index contributed by atoms with van der Waals surface area (Å²) in [5, 5.41) is 19.5. The second kappa shape index (κ2) is 7.01. The van der Waals surface area contributed by atoms with Gasteiger partial charge in [-0.2, -0.15) is 5.26 Å². The first-order chi connectivity index (χ1) is 8.95. The second-order valence-electron chi connectivity index (χ2n) is 3.37. The number of nitrogens with one attached hydrogen (secondary N) is 1. The molecule has 0 radical (unpaired) electrons. The maximum absolute atomic E-state index is 11.9. The average Bonchev–Trinajstić information content (AvgIpc) is 2.36. The minimum atomic E-state index is -1.66. The standard InChI is InChI=1S/C11H9BrN2O4S/c12-9-2-1-7(5-8(9)11(16)17)19(18)6-10(15)14-4-3-13/h1-2,5H,4,6H2,(H,14,15)(H,16,17). The van der Waals surface area contributed by atoms with E-state index in [1.165, 1.54) is 18.2 Å². The van der Waals surface area contributed by atoms with Crippen LogP contribution < -0.4 is 5.32 Å². The van der Waals surface area contributed by atoms with Crippen molar-refractivity contribution < 1.29 is 18.9 Å². The van der Waals surface area contributed by atoms with Crippen molar-refractivity contribution in [2.45, 2.75) is 4.90 Å². The number of carbonyl (C=O) groups excluding carboxylic acids is 1. The van der Waals surface area contributed by atoms with Gasteiger partial charge in [-0.15, -0.1) is 0 Å². The number of halogens is 1. The van der Waals surface area contributed by atoms with Gasteiger partial charge in [0.2, 0.25) is 5.91 Å². The smallest absolute Gasteiger partial charge is 0.336 e. The van der Waals surface area contributed by atoms with Crippen molar-refractivity contribution in [3.05, 3.63) is 28.2 Å². The second-order valence-corrected chi connectivity index (χ2v) is 5.68. The Hall–Kier alpha value is -1.72. The molecule has 0 aliphatic carbocycles. The van der Waals surface area contributed by atoms with E-state index in [0.717, 1.165) is 0 Å². The van der Waals surface area contributed by atoms with E-state index in [9.17, 15) is 13.8 Å². The van der Waals surface area contributed by atoms with Gasteiger partial charge in [0.05, 0.1) is 22.4 Å². The van der Waals surface area contributed by atoms with Crippen molar-refractivity contribution in [1.82, 2.24) is 5.32 Å². The number of hydrogen-bond acceptors (Lipinski definition) is 4. The van der Waals surface area contributed by atoms with Gasteiger partial charge in [0.15, 0.2) is 0 Å². The van der Waals surface area contributed by atoms with Gasteiger partial charge in [0.1, 0.15) is 12.3 Å². The SMILES string of the molecule is N#CCNC(=O)CS(=O)c1ccc(Br)c(C(=O)O)c1. The van der Waals surface area contributed by atoms with Crippen molar-refractivity contribution in [3.63, 3.8) is 0 Å². The Bertz CT molecular complexity index is 583. The first-order valence-corrected chi connectivity index (χ1v) is 7.11. The number of benzene rings is 1. The number of carboxylic acids is 1. The molecule has 0 saturated heterocycles. The number of hydrogen-bond donors (Lipinski definition) is 2. The van der Waals surface area contributed by atoms with E-state index in [4.69, 9.17) is 10.4 Å². The molecule has 1 amide bonds. The molecule has 1 atom stereocenters. The first kappa shape index (κ1) is 15.3. The number of nitriles is 1. The van der Waals surface area contributed by atoms with Crippen molar-refractivity contribution >= 4 is 38.6 Å². The molecule has 6 nitrogen and oxygen atoms in total. The minimum absolute atomic E-state index is 0.0247. The third-order valence-electron chi connectivity index (χ3n) is 2.06. The summed E-state index contributed by atoms with van der Waals surface area (Å²) in [6.07, 6.45) is 0. The third kappa shape index (κ3) is 4.46. The largest absolute Gasteiger partial charge is 0.478 e. The summed E-state index contributed by atoms with van der Waals surface area (Å²) in [4.78, 5) is 22.4. The molecule has 2 N–H and O–H groups in total. The normalized spacial score (nSPS) is 11.4. The highest BCUT2D eigenvalue weighted by Gasteiger charge is 2.14. The molecular weight excluding hydrogens is 336 g/mol. The lowest BCUT2D eigenvalue weighted by Crippen LogP contribution is -2.28. The zero-order valence-electron chi connectivity index (χ0n) is 9.55. The van der Waals surface area contributed by atoms with Crippen LogP contribution in [-0.2, 0) is 15.6 Å². The highest BCUT2D eigenvalue weighted by atomic mass is 79.9. The molecule has 0 heterocycles. The molecular formula is C11H9BrN2O4S. The van der Waals surface area contributed by atoms with Crippen molar-refractivity contribution in [2.24, 2.45) is 0 Å². The van der Waals surface area contributed by atoms with Crippen molar-refractivity contribution in [2.75, 3.05) is 12.3 Å². The molecule has 1 rings (SSSR count). The number of amides is 1. The van der Waals surface area contributed by atoms with E-state index in [1.54, 1.807) is 6.07 Å². The summed E-state index contributed by atoms with van der Waals surface area (Å²) in [7, 11) is -1.66. The quantitative estimate of drug-likeness (QED) is 0.771. The monoisotopic (exact) mass is 344 g/mol. The maximum atomic E-state index is 11.9. The van der Waals surface area contributed by atoms with E-state index in [2.05, 4.69) is 21.2 Å². The fourth-order valence-electron chi connectivity index (χ4n) is 1.20. The zero-order chi connectivity index (χ0) is 14.4. The highest BCUT2D eigenvalue weighted by molar-refractivity contribution is 9.10. The summed E-state index contributed by atoms with van der Waals surface area (Å²) in [6, 6.07) is 5.92. The van der Waals surface area contributed by atoms with Crippen LogP contribution in [0, 0.1) is 11.3 Å². The van der Waals surface area contributed by atoms with Gasteiger partial charge in [-0.1, -0.05) is 0 Å². The molecule has 19 heavy (non-hydrogen) atoms. The molecule has 0 bridgehead atoms. The molecule has 0 fully saturated rings. The van der Waals surface area contributed by atoms with Crippen molar-refractivity contribution in [1.29, 1.82) is 5.26 Å². The fourth-order valence-corrected chi connectivity index (χ4v) is 2.59. The molecule has 0 aliphatic rings. The topological polar surface area (TPSA) is 107 Å². The van der Waals surface area contributed by atoms with Crippen LogP contribution >= 0.6 is 15.9 Å². The van der Waals surface area contributed by atoms with E-state index in [1.807, 2.05) is 0 Å². The molecule has 1 aromatic carbocycles. The Morgan fingerprint density at radius 3 is 2.74 bits per heavy atom. The maximum Gasteiger partial charge on any atom is 0.336 e.